The van der Waals surface area contributed by atoms with Crippen molar-refractivity contribution in [2.24, 2.45) is 0 Å². The molecule has 1 aromatic heterocycles. The fourth-order valence-electron chi connectivity index (χ4n) is 3.22. The van der Waals surface area contributed by atoms with Gasteiger partial charge in [0.05, 0.1) is 11.8 Å². The number of nitrogens with zero attached hydrogens (tertiary/aromatic N) is 1. The second kappa shape index (κ2) is 6.88. The number of halogens is 1. The Morgan fingerprint density at radius 1 is 1.28 bits per heavy atom. The van der Waals surface area contributed by atoms with E-state index < -0.39 is 0 Å². The first-order valence-corrected chi connectivity index (χ1v) is 8.84. The molecule has 1 unspecified atom stereocenters. The molecule has 1 saturated carbocycles. The quantitative estimate of drug-likeness (QED) is 0.839. The lowest BCUT2D eigenvalue weighted by Gasteiger charge is -2.14. The van der Waals surface area contributed by atoms with Crippen LogP contribution in [0.25, 0.3) is 0 Å². The molecule has 132 valence electrons. The number of aromatic nitrogens is 1. The van der Waals surface area contributed by atoms with Crippen molar-refractivity contribution >= 4 is 17.3 Å². The monoisotopic (exact) mass is 343 g/mol. The number of nitrogens with one attached hydrogen (secondary N) is 2. The van der Waals surface area contributed by atoms with E-state index >= 15 is 0 Å². The summed E-state index contributed by atoms with van der Waals surface area (Å²) < 4.78 is 21.8. The van der Waals surface area contributed by atoms with Crippen LogP contribution in [-0.4, -0.2) is 29.7 Å². The van der Waals surface area contributed by atoms with Crippen LogP contribution in [0.2, 0.25) is 0 Å². The Kier molecular flexibility index (Phi) is 4.44. The van der Waals surface area contributed by atoms with Gasteiger partial charge < -0.3 is 19.9 Å². The molecule has 1 aliphatic heterocycles. The van der Waals surface area contributed by atoms with Crippen LogP contribution < -0.4 is 10.6 Å². The van der Waals surface area contributed by atoms with Crippen molar-refractivity contribution in [2.45, 2.75) is 37.8 Å². The molecule has 25 heavy (non-hydrogen) atoms. The van der Waals surface area contributed by atoms with Gasteiger partial charge in [-0.05, 0) is 56.0 Å². The van der Waals surface area contributed by atoms with E-state index in [1.165, 1.54) is 6.07 Å². The smallest absolute Gasteiger partial charge is 0.272 e. The second-order valence-electron chi connectivity index (χ2n) is 6.70. The molecule has 1 aromatic carbocycles. The number of amides is 1. The van der Waals surface area contributed by atoms with Crippen molar-refractivity contribution in [3.8, 4) is 0 Å². The normalized spacial score (nSPS) is 19.8. The molecule has 0 bridgehead atoms. The Bertz CT molecular complexity index is 764. The van der Waals surface area contributed by atoms with Gasteiger partial charge in [-0.2, -0.15) is 0 Å². The molecule has 2 aromatic rings. The van der Waals surface area contributed by atoms with E-state index in [0.717, 1.165) is 32.3 Å². The van der Waals surface area contributed by atoms with E-state index in [1.54, 1.807) is 18.2 Å². The van der Waals surface area contributed by atoms with Gasteiger partial charge >= 0.3 is 0 Å². The first kappa shape index (κ1) is 16.1. The number of carbonyl (C=O) groups excluding carboxylic acids is 1. The number of hydrogen-bond donors (Lipinski definition) is 2. The van der Waals surface area contributed by atoms with Gasteiger partial charge in [0.1, 0.15) is 11.5 Å². The van der Waals surface area contributed by atoms with Crippen molar-refractivity contribution in [3.05, 3.63) is 48.0 Å². The average molecular weight is 343 g/mol. The van der Waals surface area contributed by atoms with Crippen molar-refractivity contribution < 1.29 is 13.9 Å². The molecule has 1 saturated heterocycles. The van der Waals surface area contributed by atoms with Gasteiger partial charge in [0.25, 0.3) is 5.91 Å². The van der Waals surface area contributed by atoms with Gasteiger partial charge in [0, 0.05) is 31.1 Å². The van der Waals surface area contributed by atoms with Crippen molar-refractivity contribution in [3.63, 3.8) is 0 Å². The zero-order valence-electron chi connectivity index (χ0n) is 14.0. The summed E-state index contributed by atoms with van der Waals surface area (Å²) >= 11 is 0. The largest absolute Gasteiger partial charge is 0.380 e. The van der Waals surface area contributed by atoms with Crippen molar-refractivity contribution in [1.82, 2.24) is 4.57 Å². The Morgan fingerprint density at radius 3 is 2.88 bits per heavy atom. The first-order valence-electron chi connectivity index (χ1n) is 8.84. The summed E-state index contributed by atoms with van der Waals surface area (Å²) in [5, 5.41) is 5.86. The summed E-state index contributed by atoms with van der Waals surface area (Å²) in [7, 11) is 0. The third-order valence-electron chi connectivity index (χ3n) is 4.72. The van der Waals surface area contributed by atoms with Crippen LogP contribution in [0.15, 0.2) is 36.5 Å². The number of carbonyl (C=O) groups is 1. The SMILES string of the molecule is O=C(Nc1ccc(NCC2CCCO2)c(F)c1)c1cccn1C1CC1. The molecule has 5 nitrogen and oxygen atoms in total. The summed E-state index contributed by atoms with van der Waals surface area (Å²) in [6.07, 6.45) is 6.34. The highest BCUT2D eigenvalue weighted by Crippen LogP contribution is 2.36. The number of ether oxygens (including phenoxy) is 1. The van der Waals surface area contributed by atoms with Gasteiger partial charge in [-0.25, -0.2) is 4.39 Å². The topological polar surface area (TPSA) is 55.3 Å². The van der Waals surface area contributed by atoms with E-state index in [9.17, 15) is 9.18 Å². The average Bonchev–Trinajstić information content (AvgIpc) is 3.11. The van der Waals surface area contributed by atoms with E-state index in [0.29, 0.717) is 29.7 Å². The molecule has 2 aliphatic rings. The summed E-state index contributed by atoms with van der Waals surface area (Å²) in [4.78, 5) is 12.4. The van der Waals surface area contributed by atoms with Crippen LogP contribution in [0.1, 0.15) is 42.2 Å². The van der Waals surface area contributed by atoms with Crippen LogP contribution >= 0.6 is 0 Å². The standard InChI is InChI=1S/C19H22FN3O2/c20-16-11-13(5-8-17(16)21-12-15-3-2-10-25-15)22-19(24)18-4-1-9-23(18)14-6-7-14/h1,4-5,8-9,11,14-15,21H,2-3,6-7,10,12H2,(H,22,24). The Balaban J connectivity index is 1.39. The lowest BCUT2D eigenvalue weighted by molar-refractivity contribution is 0.101. The number of rotatable bonds is 6. The molecule has 1 aliphatic carbocycles. The third-order valence-corrected chi connectivity index (χ3v) is 4.72. The molecule has 2 heterocycles. The maximum atomic E-state index is 14.3. The van der Waals surface area contributed by atoms with Gasteiger partial charge in [-0.3, -0.25) is 4.79 Å². The molecule has 0 spiro atoms. The lowest BCUT2D eigenvalue weighted by atomic mass is 10.2. The highest BCUT2D eigenvalue weighted by molar-refractivity contribution is 6.03. The number of benzene rings is 1. The summed E-state index contributed by atoms with van der Waals surface area (Å²) in [5.74, 6) is -0.593. The molecule has 2 fully saturated rings. The Hall–Kier alpha value is -2.34. The fourth-order valence-corrected chi connectivity index (χ4v) is 3.22. The van der Waals surface area contributed by atoms with Gasteiger partial charge in [0.15, 0.2) is 0 Å². The first-order chi connectivity index (χ1) is 12.2. The molecular formula is C19H22FN3O2. The zero-order valence-corrected chi connectivity index (χ0v) is 14.0. The van der Waals surface area contributed by atoms with Crippen LogP contribution in [0.5, 0.6) is 0 Å². The van der Waals surface area contributed by atoms with E-state index in [-0.39, 0.29) is 17.8 Å². The highest BCUT2D eigenvalue weighted by atomic mass is 19.1. The molecule has 1 atom stereocenters. The van der Waals surface area contributed by atoms with Crippen molar-refractivity contribution in [2.75, 3.05) is 23.8 Å². The Morgan fingerprint density at radius 2 is 2.16 bits per heavy atom. The number of anilines is 2. The van der Waals surface area contributed by atoms with Crippen LogP contribution in [0.3, 0.4) is 0 Å². The highest BCUT2D eigenvalue weighted by Gasteiger charge is 2.26. The van der Waals surface area contributed by atoms with Crippen molar-refractivity contribution in [1.29, 1.82) is 0 Å². The fraction of sp³-hybridized carbons (Fsp3) is 0.421. The molecule has 1 amide bonds. The second-order valence-corrected chi connectivity index (χ2v) is 6.70. The summed E-state index contributed by atoms with van der Waals surface area (Å²) in [6.45, 7) is 1.37. The van der Waals surface area contributed by atoms with E-state index in [2.05, 4.69) is 10.6 Å². The molecule has 0 radical (unpaired) electrons. The van der Waals surface area contributed by atoms with Gasteiger partial charge in [-0.1, -0.05) is 0 Å². The summed E-state index contributed by atoms with van der Waals surface area (Å²) in [5.41, 5.74) is 1.49. The maximum Gasteiger partial charge on any atom is 0.272 e. The minimum Gasteiger partial charge on any atom is -0.380 e. The molecule has 4 rings (SSSR count). The van der Waals surface area contributed by atoms with Crippen LogP contribution in [-0.2, 0) is 4.74 Å². The lowest BCUT2D eigenvalue weighted by Crippen LogP contribution is -2.19. The third kappa shape index (κ3) is 3.69. The predicted molar refractivity (Wildman–Crippen MR) is 94.5 cm³/mol. The molecule has 6 heteroatoms. The van der Waals surface area contributed by atoms with E-state index in [4.69, 9.17) is 4.74 Å². The minimum absolute atomic E-state index is 0.147. The maximum absolute atomic E-state index is 14.3. The van der Waals surface area contributed by atoms with E-state index in [1.807, 2.05) is 16.8 Å². The molecule has 2 N–H and O–H groups in total. The van der Waals surface area contributed by atoms with Gasteiger partial charge in [0.2, 0.25) is 0 Å². The minimum atomic E-state index is -0.381. The Labute approximate surface area is 146 Å². The van der Waals surface area contributed by atoms with Crippen LogP contribution in [0.4, 0.5) is 15.8 Å². The zero-order chi connectivity index (χ0) is 17.2. The predicted octanol–water partition coefficient (Wildman–Crippen LogP) is 3.81. The molecular weight excluding hydrogens is 321 g/mol. The summed E-state index contributed by atoms with van der Waals surface area (Å²) in [6, 6.07) is 8.80. The number of hydrogen-bond acceptors (Lipinski definition) is 3. The van der Waals surface area contributed by atoms with Crippen LogP contribution in [0, 0.1) is 5.82 Å². The van der Waals surface area contributed by atoms with Gasteiger partial charge in [-0.15, -0.1) is 0 Å².